The number of amides is 6. The Morgan fingerprint density at radius 1 is 0.511 bits per heavy atom. The van der Waals surface area contributed by atoms with E-state index in [1.807, 2.05) is 66.7 Å². The van der Waals surface area contributed by atoms with Gasteiger partial charge in [0.2, 0.25) is 0 Å². The number of hydrogen-bond acceptors (Lipinski definition) is 11. The number of halogens is 7. The Hall–Kier alpha value is -13.6. The molecule has 16 rings (SSSR count). The van der Waals surface area contributed by atoms with Gasteiger partial charge in [0, 0.05) is 157 Å². The van der Waals surface area contributed by atoms with Gasteiger partial charge in [-0.3, -0.25) is 29.1 Å². The van der Waals surface area contributed by atoms with Gasteiger partial charge in [0.25, 0.3) is 0 Å². The molecular weight excluding hydrogens is 1890 g/mol. The van der Waals surface area contributed by atoms with Gasteiger partial charge in [-0.2, -0.15) is 0 Å². The lowest BCUT2D eigenvalue weighted by Crippen LogP contribution is -2.43. The highest BCUT2D eigenvalue weighted by Gasteiger charge is 2.34. The predicted octanol–water partition coefficient (Wildman–Crippen LogP) is 26.8. The molecule has 3 aliphatic rings. The van der Waals surface area contributed by atoms with E-state index < -0.39 is 47.1 Å². The Bertz CT molecular complexity index is 6820. The minimum Gasteiger partial charge on any atom is -0.443 e. The van der Waals surface area contributed by atoms with Crippen LogP contribution < -0.4 is 19.6 Å². The summed E-state index contributed by atoms with van der Waals surface area (Å²) in [6.45, 7) is 16.4. The van der Waals surface area contributed by atoms with Crippen molar-refractivity contribution in [3.63, 3.8) is 0 Å². The Morgan fingerprint density at radius 3 is 1.58 bits per heavy atom. The third-order valence-electron chi connectivity index (χ3n) is 23.8. The fourth-order valence-corrected chi connectivity index (χ4v) is 18.4. The predicted molar refractivity (Wildman–Crippen MR) is 556 cm³/mol. The molecule has 26 heteroatoms. The van der Waals surface area contributed by atoms with E-state index in [0.717, 1.165) is 53.2 Å². The quantitative estimate of drug-likeness (QED) is 0.0999. The van der Waals surface area contributed by atoms with Gasteiger partial charge in [0.1, 0.15) is 28.7 Å². The molecule has 11 aromatic carbocycles. The molecule has 0 radical (unpaired) electrons. The number of anilines is 4. The van der Waals surface area contributed by atoms with Gasteiger partial charge in [-0.05, 0) is 280 Å². The fraction of sp³-hybridized carbons (Fsp3) is 0.257. The van der Waals surface area contributed by atoms with Crippen molar-refractivity contribution in [2.45, 2.75) is 137 Å². The largest absolute Gasteiger partial charge is 0.443 e. The van der Waals surface area contributed by atoms with Crippen molar-refractivity contribution in [3.8, 4) is 11.1 Å². The van der Waals surface area contributed by atoms with Crippen LogP contribution in [0.25, 0.3) is 44.6 Å². The minimum absolute atomic E-state index is 0.0140. The van der Waals surface area contributed by atoms with Gasteiger partial charge in [-0.1, -0.05) is 184 Å². The number of benzene rings is 11. The van der Waals surface area contributed by atoms with E-state index in [1.54, 1.807) is 172 Å². The van der Waals surface area contributed by atoms with Crippen molar-refractivity contribution in [3.05, 3.63) is 377 Å². The first-order valence-electron chi connectivity index (χ1n) is 45.7. The van der Waals surface area contributed by atoms with Gasteiger partial charge >= 0.3 is 30.3 Å². The van der Waals surface area contributed by atoms with E-state index in [0.29, 0.717) is 105 Å². The lowest BCUT2D eigenvalue weighted by atomic mass is 9.97. The number of aryl methyl sites for hydroxylation is 2. The number of ether oxygens (including phenoxy) is 2. The van der Waals surface area contributed by atoms with Crippen LogP contribution in [0.2, 0.25) is 15.1 Å². The number of carbonyl (C=O) groups excluding carboxylic acids is 8. The van der Waals surface area contributed by atoms with Crippen LogP contribution in [-0.4, -0.2) is 138 Å². The van der Waals surface area contributed by atoms with Crippen LogP contribution in [0.1, 0.15) is 128 Å². The first-order chi connectivity index (χ1) is 66.2. The molecule has 2 aliphatic heterocycles. The molecule has 718 valence electrons. The third-order valence-corrected chi connectivity index (χ3v) is 25.0. The molecule has 19 nitrogen and oxygen atoms in total. The normalized spacial score (nSPS) is 13.2. The van der Waals surface area contributed by atoms with Gasteiger partial charge in [0.15, 0.2) is 17.3 Å². The van der Waals surface area contributed by atoms with E-state index in [-0.39, 0.29) is 87.7 Å². The van der Waals surface area contributed by atoms with Crippen molar-refractivity contribution in [2.75, 3.05) is 74.5 Å². The average Bonchev–Trinajstić information content (AvgIpc) is 1.61. The van der Waals surface area contributed by atoms with Crippen LogP contribution in [0.3, 0.4) is 0 Å². The number of hydrogen-bond donors (Lipinski definition) is 0. The second-order valence-corrected chi connectivity index (χ2v) is 39.1. The maximum Gasteiger partial charge on any atom is 0.419 e. The topological polar surface area (TPSA) is 188 Å². The smallest absolute Gasteiger partial charge is 0.419 e. The van der Waals surface area contributed by atoms with Crippen molar-refractivity contribution < 1.29 is 61.0 Å². The van der Waals surface area contributed by atoms with Crippen LogP contribution in [0, 0.1) is 24.4 Å². The molecule has 0 saturated carbocycles. The fourth-order valence-electron chi connectivity index (χ4n) is 17.6. The summed E-state index contributed by atoms with van der Waals surface area (Å²) >= 11 is 21.4. The zero-order valence-corrected chi connectivity index (χ0v) is 83.8. The van der Waals surface area contributed by atoms with Crippen LogP contribution in [-0.2, 0) is 82.0 Å². The molecule has 13 aromatic rings. The van der Waals surface area contributed by atoms with Gasteiger partial charge in [0.05, 0.1) is 30.7 Å². The highest BCUT2D eigenvalue weighted by molar-refractivity contribution is 9.10. The molecule has 0 spiro atoms. The summed E-state index contributed by atoms with van der Waals surface area (Å²) in [5, 5.41) is 3.11. The Balaban J connectivity index is 0.000000163. The molecule has 4 heterocycles. The van der Waals surface area contributed by atoms with E-state index >= 15 is 0 Å². The molecule has 0 N–H and O–H groups in total. The van der Waals surface area contributed by atoms with Crippen LogP contribution in [0.4, 0.5) is 59.9 Å². The van der Waals surface area contributed by atoms with Crippen LogP contribution in [0.15, 0.2) is 277 Å². The highest BCUT2D eigenvalue weighted by Crippen LogP contribution is 2.40. The molecule has 1 aliphatic carbocycles. The summed E-state index contributed by atoms with van der Waals surface area (Å²) in [6, 6.07) is 73.1. The summed E-state index contributed by atoms with van der Waals surface area (Å²) in [5.74, 6) is -1.78. The summed E-state index contributed by atoms with van der Waals surface area (Å²) in [4.78, 5) is 120. The van der Waals surface area contributed by atoms with E-state index in [9.17, 15) is 51.5 Å². The third kappa shape index (κ3) is 26.7. The molecular formula is C113H112BrCl3F3N9O10. The highest BCUT2D eigenvalue weighted by atomic mass is 79.9. The molecule has 0 atom stereocenters. The molecule has 0 fully saturated rings. The number of rotatable bonds is 13. The summed E-state index contributed by atoms with van der Waals surface area (Å²) in [6.07, 6.45) is 8.34. The van der Waals surface area contributed by atoms with Crippen LogP contribution in [0.5, 0.6) is 0 Å². The zero-order valence-electron chi connectivity index (χ0n) is 80.0. The van der Waals surface area contributed by atoms with Gasteiger partial charge < -0.3 is 29.1 Å². The number of allylic oxidation sites excluding steroid dienone is 4. The second kappa shape index (κ2) is 45.8. The molecule has 139 heavy (non-hydrogen) atoms. The van der Waals surface area contributed by atoms with Crippen molar-refractivity contribution in [1.29, 1.82) is 0 Å². The average molecular weight is 2000 g/mol. The number of Topliss-reactive ketones (excluding diaryl/α,β-unsaturated/α-hetero) is 3. The standard InChI is InChI=1S/C34H34BrClFN3O4.C34H33ClFN3O4.C30H28ClFN2O2.C15H17N/c1-6-9-30-29(28-10-7-8-11-31(28)40(30)33(43)44-34(2,3)4)19-27(41)21-39(20-22-16-23(35)18-25(37)17-22)32(42)38(5)26-14-12-24(36)13-15-26;1-34(2,3)43-33(42)39-30-10-6-5-9-28(30)29-19-27(40)21-38(32(41)37(4)26-14-12-24(35)13-15-26)20-23-16-22(17-25(36)18-23)8-7-11-31(29)39;1-33(26-11-9-24(31)10-12-26)30(36)34-18-21-13-20(14-25(32)15-21)5-4-7-23-16-22-6-2-3-8-28(22)29(23)17-27(35)19-34;1-12-8-4-5-9-13(12)14-10-6-7-11-15(14)16(2)3/h6-8,10-18H,1,9,19-21H2,2-5H3;5-10,12-18H,11,19-21H2,1-4H3;2-3,6,8-15H,4-5,7,16-19H2,1H3;4-11H,1-3H3. The lowest BCUT2D eigenvalue weighted by Gasteiger charge is -2.28. The van der Waals surface area contributed by atoms with E-state index in [1.165, 1.54) is 102 Å². The first-order valence-corrected chi connectivity index (χ1v) is 47.7. The SMILES string of the molecule is C=CCc1c(CC(=O)CN(Cc2cc(F)cc(Br)c2)C(=O)N(C)c2ccc(Cl)cc2)c2ccccc2n1C(=O)OC(C)(C)C.CN(C(=O)N1CC(=O)CC2=C(CCCc3cc(F)cc(c3)C1)Cc1ccccc12)c1ccc(Cl)cc1.CN(C(=O)N1CC(=O)Cc2c(n(C(=O)OC(C)(C)C)c3ccccc23)CC=Cc2cc(F)cc(c2)C1)c1ccc(Cl)cc1.Cc1ccccc1-c1ccccc1N(C)C. The Morgan fingerprint density at radius 2 is 1.01 bits per heavy atom. The van der Waals surface area contributed by atoms with Gasteiger partial charge in [-0.15, -0.1) is 6.58 Å². The monoisotopic (exact) mass is 2000 g/mol. The molecule has 0 unspecified atom stereocenters. The second-order valence-electron chi connectivity index (χ2n) is 36.9. The summed E-state index contributed by atoms with van der Waals surface area (Å²) in [5.41, 5.74) is 17.3. The van der Waals surface area contributed by atoms with Crippen LogP contribution >= 0.6 is 50.7 Å². The minimum atomic E-state index is -0.737. The van der Waals surface area contributed by atoms with Gasteiger partial charge in [-0.25, -0.2) is 46.3 Å². The van der Waals surface area contributed by atoms with Crippen molar-refractivity contribution >= 4 is 155 Å². The number of fused-ring (bicyclic) bond motifs is 10. The van der Waals surface area contributed by atoms with E-state index in [4.69, 9.17) is 44.3 Å². The Labute approximate surface area is 833 Å². The van der Waals surface area contributed by atoms with E-state index in [2.05, 4.69) is 109 Å². The maximum absolute atomic E-state index is 14.7. The number of para-hydroxylation sites is 3. The number of ketones is 3. The van der Waals surface area contributed by atoms with Crippen molar-refractivity contribution in [1.82, 2.24) is 23.8 Å². The molecule has 2 aromatic heterocycles. The number of nitrogens with zero attached hydrogens (tertiary/aromatic N) is 9. The summed E-state index contributed by atoms with van der Waals surface area (Å²) < 4.78 is 58.5. The molecule has 0 saturated heterocycles. The first kappa shape index (κ1) is 103. The molecule has 4 bridgehead atoms. The summed E-state index contributed by atoms with van der Waals surface area (Å²) in [7, 11) is 9.04. The Kier molecular flexibility index (Phi) is 33.9. The zero-order chi connectivity index (χ0) is 99.8. The number of aromatic nitrogens is 2. The van der Waals surface area contributed by atoms with Crippen molar-refractivity contribution in [2.24, 2.45) is 0 Å². The maximum atomic E-state index is 14.7. The number of carbonyl (C=O) groups is 8. The number of urea groups is 3. The lowest BCUT2D eigenvalue weighted by molar-refractivity contribution is -0.119. The molecule has 6 amide bonds.